The zero-order valence-corrected chi connectivity index (χ0v) is 17.2. The number of quaternary nitrogens is 1. The molecule has 1 amide bonds. The Kier molecular flexibility index (Phi) is 4.71. The fraction of sp³-hybridized carbons (Fsp3) is 0.333. The highest BCUT2D eigenvalue weighted by atomic mass is 32.2. The summed E-state index contributed by atoms with van der Waals surface area (Å²) in [6, 6.07) is 7.86. The van der Waals surface area contributed by atoms with E-state index in [-0.39, 0.29) is 10.6 Å². The van der Waals surface area contributed by atoms with Crippen LogP contribution in [0.4, 0.5) is 10.5 Å². The predicted molar refractivity (Wildman–Crippen MR) is 110 cm³/mol. The minimum absolute atomic E-state index is 0.0567. The maximum atomic E-state index is 13.6. The standard InChI is InChI=1S/C21H23N2O5S/c1-15-3-7-18(8-4-15)29(26,27)23(21(25)28-2)14-11-17-10-13-22(20(24)19(17)23)12-9-16-5-6-16/h3-4,7-8,10-11,13-14,16H,5-6,9,12H2,1-2H3/q+1. The molecule has 7 nitrogen and oxygen atoms in total. The normalized spacial score (nSPS) is 20.5. The minimum Gasteiger partial charge on any atom is -0.422 e. The lowest BCUT2D eigenvalue weighted by molar-refractivity contribution is 0.159. The van der Waals surface area contributed by atoms with Gasteiger partial charge in [-0.3, -0.25) is 4.79 Å². The number of rotatable bonds is 5. The summed E-state index contributed by atoms with van der Waals surface area (Å²) in [6.07, 6.45) is 6.50. The first-order chi connectivity index (χ1) is 13.8. The highest BCUT2D eigenvalue weighted by molar-refractivity contribution is 7.91. The first-order valence-electron chi connectivity index (χ1n) is 9.53. The van der Waals surface area contributed by atoms with E-state index < -0.39 is 25.6 Å². The molecular weight excluding hydrogens is 392 g/mol. The van der Waals surface area contributed by atoms with Gasteiger partial charge in [0.25, 0.3) is 0 Å². The number of pyridine rings is 1. The number of fused-ring (bicyclic) bond motifs is 1. The van der Waals surface area contributed by atoms with Gasteiger partial charge in [0, 0.05) is 18.8 Å². The van der Waals surface area contributed by atoms with Crippen molar-refractivity contribution < 1.29 is 17.9 Å². The average Bonchev–Trinajstić information content (AvgIpc) is 3.44. The molecule has 0 N–H and O–H groups in total. The van der Waals surface area contributed by atoms with Gasteiger partial charge in [-0.05, 0) is 37.5 Å². The summed E-state index contributed by atoms with van der Waals surface area (Å²) >= 11 is 0. The van der Waals surface area contributed by atoms with Crippen LogP contribution in [-0.2, 0) is 21.3 Å². The van der Waals surface area contributed by atoms with Gasteiger partial charge < -0.3 is 9.30 Å². The first-order valence-corrected chi connectivity index (χ1v) is 11.0. The molecule has 1 unspecified atom stereocenters. The van der Waals surface area contributed by atoms with Gasteiger partial charge in [-0.25, -0.2) is 0 Å². The molecule has 0 saturated heterocycles. The number of carbonyl (C=O) groups is 1. The number of hydrogen-bond donors (Lipinski definition) is 0. The van der Waals surface area contributed by atoms with Crippen molar-refractivity contribution >= 4 is 27.9 Å². The molecule has 1 aromatic heterocycles. The van der Waals surface area contributed by atoms with Crippen LogP contribution < -0.4 is 9.45 Å². The fourth-order valence-corrected chi connectivity index (χ4v) is 5.40. The lowest BCUT2D eigenvalue weighted by Gasteiger charge is -2.26. The number of benzene rings is 1. The van der Waals surface area contributed by atoms with Crippen LogP contribution in [0.3, 0.4) is 0 Å². The van der Waals surface area contributed by atoms with Gasteiger partial charge in [-0.2, -0.15) is 13.2 Å². The van der Waals surface area contributed by atoms with Crippen LogP contribution in [0.5, 0.6) is 0 Å². The minimum atomic E-state index is -4.34. The molecule has 0 radical (unpaired) electrons. The van der Waals surface area contributed by atoms with E-state index >= 15 is 0 Å². The predicted octanol–water partition coefficient (Wildman–Crippen LogP) is 3.40. The topological polar surface area (TPSA) is 82.4 Å². The van der Waals surface area contributed by atoms with Crippen LogP contribution in [0.1, 0.15) is 30.4 Å². The molecule has 2 heterocycles. The molecule has 1 aliphatic heterocycles. The molecule has 1 saturated carbocycles. The van der Waals surface area contributed by atoms with E-state index in [2.05, 4.69) is 0 Å². The van der Waals surface area contributed by atoms with E-state index in [4.69, 9.17) is 4.74 Å². The zero-order valence-electron chi connectivity index (χ0n) is 16.4. The molecule has 0 spiro atoms. The second-order valence-electron chi connectivity index (χ2n) is 7.58. The third-order valence-electron chi connectivity index (χ3n) is 5.59. The molecular formula is C21H23N2O5S+. The van der Waals surface area contributed by atoms with Gasteiger partial charge in [0.1, 0.15) is 11.1 Å². The van der Waals surface area contributed by atoms with Gasteiger partial charge in [0.2, 0.25) is 5.69 Å². The molecule has 1 fully saturated rings. The quantitative estimate of drug-likeness (QED) is 0.699. The summed E-state index contributed by atoms with van der Waals surface area (Å²) in [7, 11) is -3.22. The van der Waals surface area contributed by atoms with Crippen LogP contribution in [-0.4, -0.2) is 26.2 Å². The van der Waals surface area contributed by atoms with Gasteiger partial charge >= 0.3 is 21.7 Å². The van der Waals surface area contributed by atoms with Crippen molar-refractivity contribution in [3.05, 3.63) is 64.2 Å². The van der Waals surface area contributed by atoms with Crippen molar-refractivity contribution in [2.75, 3.05) is 7.11 Å². The van der Waals surface area contributed by atoms with Gasteiger partial charge in [0.05, 0.1) is 12.7 Å². The summed E-state index contributed by atoms with van der Waals surface area (Å²) in [6.45, 7) is 2.33. The van der Waals surface area contributed by atoms with E-state index in [0.29, 0.717) is 18.0 Å². The highest BCUT2D eigenvalue weighted by Gasteiger charge is 2.58. The summed E-state index contributed by atoms with van der Waals surface area (Å²) in [4.78, 5) is 26.1. The summed E-state index contributed by atoms with van der Waals surface area (Å²) in [5, 5.41) is 0. The molecule has 4 rings (SSSR count). The fourth-order valence-electron chi connectivity index (χ4n) is 3.67. The maximum absolute atomic E-state index is 13.6. The number of sulfonamides is 1. The molecule has 0 bridgehead atoms. The number of nitrogens with zero attached hydrogens (tertiary/aromatic N) is 2. The number of hydrogen-bond acceptors (Lipinski definition) is 5. The third-order valence-corrected chi connectivity index (χ3v) is 7.67. The lowest BCUT2D eigenvalue weighted by atomic mass is 10.2. The molecule has 29 heavy (non-hydrogen) atoms. The maximum Gasteiger partial charge on any atom is 0.542 e. The third kappa shape index (κ3) is 3.03. The SMILES string of the molecule is COC(=O)[N+]1(S(=O)(=O)c2ccc(C)cc2)C=Cc2ccn(CCC3CC3)c(=O)c21. The molecule has 1 atom stereocenters. The van der Waals surface area contributed by atoms with E-state index in [1.165, 1.54) is 29.0 Å². The highest BCUT2D eigenvalue weighted by Crippen LogP contribution is 2.40. The monoisotopic (exact) mass is 415 g/mol. The van der Waals surface area contributed by atoms with E-state index in [9.17, 15) is 18.0 Å². The van der Waals surface area contributed by atoms with Crippen LogP contribution in [0, 0.1) is 12.8 Å². The number of ether oxygens (including phenoxy) is 1. The van der Waals surface area contributed by atoms with Crippen molar-refractivity contribution in [1.82, 2.24) is 8.46 Å². The Hall–Kier alpha value is -2.71. The second-order valence-corrected chi connectivity index (χ2v) is 9.58. The number of methoxy groups -OCH3 is 1. The summed E-state index contributed by atoms with van der Waals surface area (Å²) in [5.74, 6) is 0.615. The molecule has 2 aromatic rings. The number of carbonyl (C=O) groups excluding carboxylic acids is 1. The molecule has 1 aromatic carbocycles. The Morgan fingerprint density at radius 3 is 2.52 bits per heavy atom. The first kappa shape index (κ1) is 19.6. The zero-order chi connectivity index (χ0) is 20.8. The van der Waals surface area contributed by atoms with Crippen molar-refractivity contribution in [1.29, 1.82) is 0 Å². The Balaban J connectivity index is 1.91. The van der Waals surface area contributed by atoms with Crippen molar-refractivity contribution in [2.24, 2.45) is 5.92 Å². The van der Waals surface area contributed by atoms with Crippen molar-refractivity contribution in [2.45, 2.75) is 37.6 Å². The Morgan fingerprint density at radius 1 is 1.21 bits per heavy atom. The smallest absolute Gasteiger partial charge is 0.422 e. The lowest BCUT2D eigenvalue weighted by Crippen LogP contribution is -2.55. The van der Waals surface area contributed by atoms with Crippen LogP contribution in [0.15, 0.2) is 52.4 Å². The van der Waals surface area contributed by atoms with Gasteiger partial charge in [-0.15, -0.1) is 0 Å². The van der Waals surface area contributed by atoms with E-state index in [1.807, 2.05) is 6.92 Å². The van der Waals surface area contributed by atoms with Crippen LogP contribution in [0.25, 0.3) is 6.08 Å². The van der Waals surface area contributed by atoms with Gasteiger partial charge in [0.15, 0.2) is 0 Å². The van der Waals surface area contributed by atoms with Gasteiger partial charge in [-0.1, -0.05) is 34.4 Å². The average molecular weight is 415 g/mol. The summed E-state index contributed by atoms with van der Waals surface area (Å²) < 4.78 is 32.4. The van der Waals surface area contributed by atoms with Crippen molar-refractivity contribution in [3.63, 3.8) is 0 Å². The Morgan fingerprint density at radius 2 is 1.90 bits per heavy atom. The second kappa shape index (κ2) is 6.96. The number of aromatic nitrogens is 1. The molecule has 152 valence electrons. The Labute approximate surface area is 169 Å². The molecule has 8 heteroatoms. The van der Waals surface area contributed by atoms with Crippen molar-refractivity contribution in [3.8, 4) is 0 Å². The van der Waals surface area contributed by atoms with E-state index in [1.54, 1.807) is 24.4 Å². The number of amides is 1. The largest absolute Gasteiger partial charge is 0.542 e. The summed E-state index contributed by atoms with van der Waals surface area (Å²) in [5.41, 5.74) is 0.678. The van der Waals surface area contributed by atoms with Crippen LogP contribution >= 0.6 is 0 Å². The van der Waals surface area contributed by atoms with Crippen LogP contribution in [0.2, 0.25) is 0 Å². The molecule has 2 aliphatic rings. The number of aryl methyl sites for hydroxylation is 2. The Bertz CT molecular complexity index is 1160. The van der Waals surface area contributed by atoms with E-state index in [0.717, 1.165) is 31.9 Å². The molecule has 1 aliphatic carbocycles.